The van der Waals surface area contributed by atoms with Gasteiger partial charge in [0.15, 0.2) is 0 Å². The molecule has 3 heterocycles. The maximum Gasteiger partial charge on any atom is 0.235 e. The zero-order valence-electron chi connectivity index (χ0n) is 18.8. The highest BCUT2D eigenvalue weighted by Crippen LogP contribution is 2.20. The van der Waals surface area contributed by atoms with Gasteiger partial charge in [0.2, 0.25) is 17.8 Å². The van der Waals surface area contributed by atoms with Crippen LogP contribution in [0.25, 0.3) is 0 Å². The first kappa shape index (κ1) is 21.9. The van der Waals surface area contributed by atoms with E-state index in [9.17, 15) is 0 Å². The molecule has 0 atom stereocenters. The highest BCUT2D eigenvalue weighted by Gasteiger charge is 2.21. The summed E-state index contributed by atoms with van der Waals surface area (Å²) in [5.41, 5.74) is 1.36. The van der Waals surface area contributed by atoms with Crippen molar-refractivity contribution in [1.29, 1.82) is 0 Å². The first-order valence-corrected chi connectivity index (χ1v) is 11.3. The molecule has 9 heteroatoms. The molecule has 32 heavy (non-hydrogen) atoms. The van der Waals surface area contributed by atoms with E-state index >= 15 is 0 Å². The minimum Gasteiger partial charge on any atom is -0.351 e. The van der Waals surface area contributed by atoms with Crippen LogP contribution in [-0.2, 0) is 6.54 Å². The lowest BCUT2D eigenvalue weighted by Gasteiger charge is -2.32. The fourth-order valence-corrected chi connectivity index (χ4v) is 3.87. The number of nitrogens with one attached hydrogen (secondary N) is 2. The number of nitrogens with zero attached hydrogens (tertiary/aromatic N) is 7. The SMILES string of the molecule is CCN(CC)c1nc(Nc2ccncn2)nc(NC2CCN(Cc3ccccc3)CC2)n1. The number of piperidine rings is 1. The van der Waals surface area contributed by atoms with Gasteiger partial charge in [-0.3, -0.25) is 4.90 Å². The standard InChI is InChI=1S/C23H31N9/c1-3-32(4-2)23-29-21(28-22(30-23)27-20-10-13-24-17-25-20)26-19-11-14-31(15-12-19)16-18-8-6-5-7-9-18/h5-10,13,17,19H,3-4,11-12,14-16H2,1-2H3,(H2,24,25,26,27,28,29,30). The first-order chi connectivity index (χ1) is 15.7. The van der Waals surface area contributed by atoms with Gasteiger partial charge in [-0.25, -0.2) is 9.97 Å². The molecule has 2 N–H and O–H groups in total. The molecule has 1 saturated heterocycles. The summed E-state index contributed by atoms with van der Waals surface area (Å²) in [4.78, 5) is 26.7. The third-order valence-electron chi connectivity index (χ3n) is 5.66. The van der Waals surface area contributed by atoms with Gasteiger partial charge >= 0.3 is 0 Å². The number of anilines is 4. The molecule has 1 aromatic carbocycles. The van der Waals surface area contributed by atoms with Crippen molar-refractivity contribution in [2.24, 2.45) is 0 Å². The van der Waals surface area contributed by atoms with E-state index in [-0.39, 0.29) is 0 Å². The quantitative estimate of drug-likeness (QED) is 0.527. The van der Waals surface area contributed by atoms with Crippen LogP contribution in [0.1, 0.15) is 32.3 Å². The summed E-state index contributed by atoms with van der Waals surface area (Å²) >= 11 is 0. The summed E-state index contributed by atoms with van der Waals surface area (Å²) in [5.74, 6) is 2.38. The fourth-order valence-electron chi connectivity index (χ4n) is 3.87. The van der Waals surface area contributed by atoms with Crippen LogP contribution < -0.4 is 15.5 Å². The van der Waals surface area contributed by atoms with Gasteiger partial charge in [0.1, 0.15) is 12.1 Å². The Bertz CT molecular complexity index is 956. The molecule has 168 valence electrons. The van der Waals surface area contributed by atoms with Gasteiger partial charge in [0.05, 0.1) is 0 Å². The summed E-state index contributed by atoms with van der Waals surface area (Å²) in [6.07, 6.45) is 5.28. The van der Waals surface area contributed by atoms with E-state index in [1.54, 1.807) is 12.3 Å². The average Bonchev–Trinajstić information content (AvgIpc) is 2.82. The summed E-state index contributed by atoms with van der Waals surface area (Å²) in [7, 11) is 0. The van der Waals surface area contributed by atoms with Crippen molar-refractivity contribution in [2.75, 3.05) is 41.7 Å². The second kappa shape index (κ2) is 10.8. The minimum atomic E-state index is 0.334. The van der Waals surface area contributed by atoms with Gasteiger partial charge in [-0.05, 0) is 38.3 Å². The van der Waals surface area contributed by atoms with Crippen molar-refractivity contribution in [3.05, 3.63) is 54.5 Å². The number of rotatable bonds is 9. The van der Waals surface area contributed by atoms with Crippen LogP contribution in [-0.4, -0.2) is 62.0 Å². The molecule has 0 aliphatic carbocycles. The highest BCUT2D eigenvalue weighted by atomic mass is 15.3. The Balaban J connectivity index is 1.43. The van der Waals surface area contributed by atoms with Crippen LogP contribution in [0.4, 0.5) is 23.7 Å². The molecule has 2 aromatic heterocycles. The van der Waals surface area contributed by atoms with Crippen LogP contribution in [0.5, 0.6) is 0 Å². The van der Waals surface area contributed by atoms with Crippen LogP contribution in [0.15, 0.2) is 48.9 Å². The summed E-state index contributed by atoms with van der Waals surface area (Å²) in [5, 5.41) is 6.72. The predicted molar refractivity (Wildman–Crippen MR) is 127 cm³/mol. The molecule has 1 fully saturated rings. The van der Waals surface area contributed by atoms with E-state index in [0.29, 0.717) is 29.7 Å². The largest absolute Gasteiger partial charge is 0.351 e. The summed E-state index contributed by atoms with van der Waals surface area (Å²) in [6.45, 7) is 8.94. The van der Waals surface area contributed by atoms with E-state index in [2.05, 4.69) is 84.5 Å². The normalized spacial score (nSPS) is 14.8. The Morgan fingerprint density at radius 3 is 2.41 bits per heavy atom. The molecule has 0 unspecified atom stereocenters. The minimum absolute atomic E-state index is 0.334. The Labute approximate surface area is 189 Å². The molecule has 1 aliphatic rings. The summed E-state index contributed by atoms with van der Waals surface area (Å²) in [6, 6.07) is 12.8. The lowest BCUT2D eigenvalue weighted by molar-refractivity contribution is 0.211. The second-order valence-electron chi connectivity index (χ2n) is 7.85. The number of hydrogen-bond acceptors (Lipinski definition) is 9. The lowest BCUT2D eigenvalue weighted by Crippen LogP contribution is -2.39. The number of benzene rings is 1. The van der Waals surface area contributed by atoms with Gasteiger partial charge < -0.3 is 15.5 Å². The first-order valence-electron chi connectivity index (χ1n) is 11.3. The molecule has 4 rings (SSSR count). The predicted octanol–water partition coefficient (Wildman–Crippen LogP) is 3.33. The van der Waals surface area contributed by atoms with Crippen molar-refractivity contribution in [1.82, 2.24) is 29.8 Å². The smallest absolute Gasteiger partial charge is 0.235 e. The molecule has 0 amide bonds. The molecule has 0 spiro atoms. The average molecular weight is 434 g/mol. The third kappa shape index (κ3) is 5.88. The maximum atomic E-state index is 4.70. The topological polar surface area (TPSA) is 95.0 Å². The monoisotopic (exact) mass is 433 g/mol. The van der Waals surface area contributed by atoms with Gasteiger partial charge in [-0.1, -0.05) is 30.3 Å². The molecular weight excluding hydrogens is 402 g/mol. The highest BCUT2D eigenvalue weighted by molar-refractivity contribution is 5.51. The van der Waals surface area contributed by atoms with Crippen molar-refractivity contribution in [3.8, 4) is 0 Å². The molecule has 9 nitrogen and oxygen atoms in total. The lowest BCUT2D eigenvalue weighted by atomic mass is 10.0. The van der Waals surface area contributed by atoms with E-state index < -0.39 is 0 Å². The zero-order chi connectivity index (χ0) is 22.2. The molecule has 3 aromatic rings. The van der Waals surface area contributed by atoms with Crippen molar-refractivity contribution < 1.29 is 0 Å². The van der Waals surface area contributed by atoms with E-state index in [0.717, 1.165) is 45.6 Å². The molecule has 0 radical (unpaired) electrons. The fraction of sp³-hybridized carbons (Fsp3) is 0.435. The van der Waals surface area contributed by atoms with Crippen molar-refractivity contribution in [2.45, 2.75) is 39.3 Å². The molecule has 1 aliphatic heterocycles. The van der Waals surface area contributed by atoms with Gasteiger partial charge in [-0.2, -0.15) is 15.0 Å². The van der Waals surface area contributed by atoms with Crippen molar-refractivity contribution in [3.63, 3.8) is 0 Å². The molecule has 0 saturated carbocycles. The van der Waals surface area contributed by atoms with Crippen LogP contribution in [0.2, 0.25) is 0 Å². The van der Waals surface area contributed by atoms with E-state index in [1.807, 2.05) is 0 Å². The third-order valence-corrected chi connectivity index (χ3v) is 5.66. The summed E-state index contributed by atoms with van der Waals surface area (Å²) < 4.78 is 0. The Morgan fingerprint density at radius 2 is 1.72 bits per heavy atom. The van der Waals surface area contributed by atoms with Crippen molar-refractivity contribution >= 4 is 23.7 Å². The van der Waals surface area contributed by atoms with E-state index in [1.165, 1.54) is 11.9 Å². The Morgan fingerprint density at radius 1 is 0.969 bits per heavy atom. The van der Waals surface area contributed by atoms with Gasteiger partial charge in [-0.15, -0.1) is 0 Å². The van der Waals surface area contributed by atoms with Crippen LogP contribution in [0.3, 0.4) is 0 Å². The van der Waals surface area contributed by atoms with Gasteiger partial charge in [0, 0.05) is 45.0 Å². The molecular formula is C23H31N9. The molecule has 0 bridgehead atoms. The zero-order valence-corrected chi connectivity index (χ0v) is 18.8. The number of hydrogen-bond donors (Lipinski definition) is 2. The number of likely N-dealkylation sites (tertiary alicyclic amines) is 1. The second-order valence-corrected chi connectivity index (χ2v) is 7.85. The number of aromatic nitrogens is 5. The van der Waals surface area contributed by atoms with Crippen LogP contribution >= 0.6 is 0 Å². The maximum absolute atomic E-state index is 4.70. The Hall–Kier alpha value is -3.33. The van der Waals surface area contributed by atoms with Crippen LogP contribution in [0, 0.1) is 0 Å². The van der Waals surface area contributed by atoms with Gasteiger partial charge in [0.25, 0.3) is 0 Å². The Kier molecular flexibility index (Phi) is 7.39. The van der Waals surface area contributed by atoms with E-state index in [4.69, 9.17) is 4.98 Å².